The van der Waals surface area contributed by atoms with Crippen LogP contribution in [0, 0.1) is 0 Å². The first kappa shape index (κ1) is 19.9. The zero-order valence-corrected chi connectivity index (χ0v) is 14.6. The molecule has 140 valence electrons. The Hall–Kier alpha value is -2.39. The lowest BCUT2D eigenvalue weighted by molar-refractivity contribution is -0.137. The van der Waals surface area contributed by atoms with Crippen molar-refractivity contribution in [3.05, 3.63) is 65.7 Å². The van der Waals surface area contributed by atoms with Crippen molar-refractivity contribution < 1.29 is 26.4 Å². The first-order valence-electron chi connectivity index (χ1n) is 7.61. The summed E-state index contributed by atoms with van der Waals surface area (Å²) in [6.45, 7) is 1.14. The molecule has 5 nitrogen and oxygen atoms in total. The van der Waals surface area contributed by atoms with Crippen LogP contribution in [0.1, 0.15) is 24.1 Å². The van der Waals surface area contributed by atoms with Gasteiger partial charge in [0, 0.05) is 0 Å². The minimum Gasteiger partial charge on any atom is -0.348 e. The van der Waals surface area contributed by atoms with Crippen molar-refractivity contribution in [1.29, 1.82) is 0 Å². The molecule has 26 heavy (non-hydrogen) atoms. The summed E-state index contributed by atoms with van der Waals surface area (Å²) in [5.74, 6) is -0.600. The number of rotatable bonds is 6. The van der Waals surface area contributed by atoms with Crippen molar-refractivity contribution in [2.45, 2.75) is 24.0 Å². The highest BCUT2D eigenvalue weighted by atomic mass is 32.2. The molecular weight excluding hydrogens is 369 g/mol. The summed E-state index contributed by atoms with van der Waals surface area (Å²) in [5, 5.41) is 2.61. The third-order valence-electron chi connectivity index (χ3n) is 3.57. The summed E-state index contributed by atoms with van der Waals surface area (Å²) >= 11 is 0. The molecule has 0 aliphatic heterocycles. The van der Waals surface area contributed by atoms with Crippen LogP contribution in [0.15, 0.2) is 59.5 Å². The molecule has 9 heteroatoms. The predicted molar refractivity (Wildman–Crippen MR) is 89.6 cm³/mol. The quantitative estimate of drug-likeness (QED) is 0.802. The molecule has 2 aromatic carbocycles. The molecule has 0 saturated heterocycles. The lowest BCUT2D eigenvalue weighted by Crippen LogP contribution is -2.38. The van der Waals surface area contributed by atoms with Gasteiger partial charge in [-0.3, -0.25) is 4.79 Å². The largest absolute Gasteiger partial charge is 0.416 e. The molecule has 0 saturated carbocycles. The molecule has 1 unspecified atom stereocenters. The van der Waals surface area contributed by atoms with Crippen LogP contribution >= 0.6 is 0 Å². The number of nitrogens with one attached hydrogen (secondary N) is 2. The highest BCUT2D eigenvalue weighted by molar-refractivity contribution is 7.89. The molecule has 0 radical (unpaired) electrons. The number of alkyl halides is 3. The van der Waals surface area contributed by atoms with E-state index in [-0.39, 0.29) is 6.04 Å². The van der Waals surface area contributed by atoms with Gasteiger partial charge in [0.15, 0.2) is 0 Å². The van der Waals surface area contributed by atoms with Gasteiger partial charge in [0.2, 0.25) is 15.9 Å². The molecule has 0 spiro atoms. The second-order valence-electron chi connectivity index (χ2n) is 5.55. The third-order valence-corrected chi connectivity index (χ3v) is 4.97. The van der Waals surface area contributed by atoms with Crippen LogP contribution in [0.2, 0.25) is 0 Å². The van der Waals surface area contributed by atoms with E-state index >= 15 is 0 Å². The first-order valence-corrected chi connectivity index (χ1v) is 9.09. The van der Waals surface area contributed by atoms with E-state index in [0.29, 0.717) is 6.07 Å². The van der Waals surface area contributed by atoms with Crippen LogP contribution in [0.3, 0.4) is 0 Å². The van der Waals surface area contributed by atoms with Crippen LogP contribution in [-0.4, -0.2) is 20.9 Å². The van der Waals surface area contributed by atoms with Crippen LogP contribution in [-0.2, 0) is 21.0 Å². The molecule has 0 bridgehead atoms. The van der Waals surface area contributed by atoms with Crippen LogP contribution < -0.4 is 10.0 Å². The molecule has 1 atom stereocenters. The van der Waals surface area contributed by atoms with Crippen molar-refractivity contribution in [1.82, 2.24) is 10.0 Å². The van der Waals surface area contributed by atoms with Crippen molar-refractivity contribution in [3.8, 4) is 0 Å². The van der Waals surface area contributed by atoms with E-state index < -0.39 is 39.1 Å². The van der Waals surface area contributed by atoms with Gasteiger partial charge >= 0.3 is 6.18 Å². The number of amides is 1. The zero-order chi connectivity index (χ0) is 19.4. The van der Waals surface area contributed by atoms with Gasteiger partial charge in [0.1, 0.15) is 0 Å². The van der Waals surface area contributed by atoms with E-state index in [1.807, 2.05) is 10.8 Å². The number of halogens is 3. The van der Waals surface area contributed by atoms with E-state index in [4.69, 9.17) is 0 Å². The van der Waals surface area contributed by atoms with E-state index in [2.05, 4.69) is 5.32 Å². The summed E-state index contributed by atoms with van der Waals surface area (Å²) in [5.41, 5.74) is -0.246. The maximum atomic E-state index is 12.7. The van der Waals surface area contributed by atoms with Crippen LogP contribution in [0.25, 0.3) is 0 Å². The molecule has 0 aliphatic rings. The van der Waals surface area contributed by atoms with E-state index in [1.54, 1.807) is 31.2 Å². The minimum absolute atomic E-state index is 0.346. The number of hydrogen-bond donors (Lipinski definition) is 2. The topological polar surface area (TPSA) is 75.3 Å². The normalized spacial score (nSPS) is 13.2. The Morgan fingerprint density at radius 2 is 1.73 bits per heavy atom. The molecule has 0 aromatic heterocycles. The smallest absolute Gasteiger partial charge is 0.348 e. The van der Waals surface area contributed by atoms with Crippen LogP contribution in [0.5, 0.6) is 0 Å². The molecule has 2 aromatic rings. The Balaban J connectivity index is 2.01. The van der Waals surface area contributed by atoms with Crippen molar-refractivity contribution in [2.24, 2.45) is 0 Å². The van der Waals surface area contributed by atoms with Crippen LogP contribution in [0.4, 0.5) is 13.2 Å². The fourth-order valence-corrected chi connectivity index (χ4v) is 3.23. The van der Waals surface area contributed by atoms with Gasteiger partial charge in [-0.25, -0.2) is 13.1 Å². The lowest BCUT2D eigenvalue weighted by atomic mass is 10.1. The number of carbonyl (C=O) groups excluding carboxylic acids is 1. The Labute approximate surface area is 149 Å². The summed E-state index contributed by atoms with van der Waals surface area (Å²) in [6, 6.07) is 12.0. The Bertz CT molecular complexity index is 868. The third kappa shape index (κ3) is 5.30. The van der Waals surface area contributed by atoms with E-state index in [9.17, 15) is 26.4 Å². The monoisotopic (exact) mass is 386 g/mol. The fraction of sp³-hybridized carbons (Fsp3) is 0.235. The fourth-order valence-electron chi connectivity index (χ4n) is 2.20. The maximum Gasteiger partial charge on any atom is 0.416 e. The van der Waals surface area contributed by atoms with Gasteiger partial charge in [-0.05, 0) is 30.7 Å². The summed E-state index contributed by atoms with van der Waals surface area (Å²) < 4.78 is 64.3. The standard InChI is InChI=1S/C17H17F3N2O3S/c1-12(13-6-3-2-4-7-13)22-16(23)11-21-26(24,25)15-9-5-8-14(10-15)17(18,19)20/h2-10,12,21H,11H2,1H3,(H,22,23). The second-order valence-corrected chi connectivity index (χ2v) is 7.32. The molecule has 2 N–H and O–H groups in total. The number of hydrogen-bond acceptors (Lipinski definition) is 3. The number of sulfonamides is 1. The average Bonchev–Trinajstić information content (AvgIpc) is 2.60. The summed E-state index contributed by atoms with van der Waals surface area (Å²) in [7, 11) is -4.25. The second kappa shape index (κ2) is 7.88. The first-order chi connectivity index (χ1) is 12.1. The van der Waals surface area contributed by atoms with E-state index in [0.717, 1.165) is 23.8 Å². The highest BCUT2D eigenvalue weighted by Crippen LogP contribution is 2.30. The summed E-state index contributed by atoms with van der Waals surface area (Å²) in [6.07, 6.45) is -4.66. The molecule has 1 amide bonds. The number of carbonyl (C=O) groups is 1. The summed E-state index contributed by atoms with van der Waals surface area (Å²) in [4.78, 5) is 11.4. The maximum absolute atomic E-state index is 12.7. The van der Waals surface area contributed by atoms with Gasteiger partial charge in [-0.2, -0.15) is 13.2 Å². The molecule has 0 aliphatic carbocycles. The SMILES string of the molecule is CC(NC(=O)CNS(=O)(=O)c1cccc(C(F)(F)F)c1)c1ccccc1. The average molecular weight is 386 g/mol. The molecular formula is C17H17F3N2O3S. The van der Waals surface area contributed by atoms with Crippen molar-refractivity contribution >= 4 is 15.9 Å². The van der Waals surface area contributed by atoms with Crippen molar-refractivity contribution in [3.63, 3.8) is 0 Å². The highest BCUT2D eigenvalue weighted by Gasteiger charge is 2.31. The molecule has 0 heterocycles. The van der Waals surface area contributed by atoms with Gasteiger partial charge < -0.3 is 5.32 Å². The lowest BCUT2D eigenvalue weighted by Gasteiger charge is -2.15. The Morgan fingerprint density at radius 1 is 1.08 bits per heavy atom. The van der Waals surface area contributed by atoms with E-state index in [1.165, 1.54) is 0 Å². The van der Waals surface area contributed by atoms with Gasteiger partial charge in [0.25, 0.3) is 0 Å². The Kier molecular flexibility index (Phi) is 6.04. The predicted octanol–water partition coefficient (Wildman–Crippen LogP) is 2.86. The molecule has 0 fully saturated rings. The number of benzene rings is 2. The Morgan fingerprint density at radius 3 is 2.35 bits per heavy atom. The zero-order valence-electron chi connectivity index (χ0n) is 13.7. The van der Waals surface area contributed by atoms with Crippen molar-refractivity contribution in [2.75, 3.05) is 6.54 Å². The van der Waals surface area contributed by atoms with Gasteiger partial charge in [-0.1, -0.05) is 36.4 Å². The van der Waals surface area contributed by atoms with Gasteiger partial charge in [0.05, 0.1) is 23.0 Å². The van der Waals surface area contributed by atoms with Gasteiger partial charge in [-0.15, -0.1) is 0 Å². The molecule has 2 rings (SSSR count). The minimum atomic E-state index is -4.66.